The molecule has 0 aromatic heterocycles. The van der Waals surface area contributed by atoms with Crippen LogP contribution in [0.25, 0.3) is 0 Å². The van der Waals surface area contributed by atoms with Crippen molar-refractivity contribution in [3.05, 3.63) is 0 Å². The van der Waals surface area contributed by atoms with Crippen molar-refractivity contribution < 1.29 is 19.7 Å². The normalized spacial score (nSPS) is 18.3. The maximum absolute atomic E-state index is 12.5. The number of hydrogen-bond acceptors (Lipinski definition) is 5. The van der Waals surface area contributed by atoms with Gasteiger partial charge in [0.05, 0.1) is 18.2 Å². The Hall–Kier alpha value is -0.760. The van der Waals surface area contributed by atoms with Gasteiger partial charge in [-0.1, -0.05) is 12.2 Å². The first-order valence-electron chi connectivity index (χ1n) is 5.97. The van der Waals surface area contributed by atoms with Crippen molar-refractivity contribution in [2.45, 2.75) is 12.8 Å². The molecule has 0 unspecified atom stereocenters. The van der Waals surface area contributed by atoms with Crippen LogP contribution in [0, 0.1) is 5.41 Å². The number of ether oxygens (including phenoxy) is 1. The molecular formula is C11H20N2O4S. The summed E-state index contributed by atoms with van der Waals surface area (Å²) < 4.78 is 5.24. The molecule has 0 saturated carbocycles. The molecule has 1 rings (SSSR count). The zero-order valence-electron chi connectivity index (χ0n) is 10.3. The predicted octanol–water partition coefficient (Wildman–Crippen LogP) is -1.12. The predicted molar refractivity (Wildman–Crippen MR) is 70.0 cm³/mol. The summed E-state index contributed by atoms with van der Waals surface area (Å²) in [6.07, 6.45) is 0.906. The Labute approximate surface area is 112 Å². The van der Waals surface area contributed by atoms with Crippen molar-refractivity contribution >= 4 is 23.1 Å². The maximum Gasteiger partial charge on any atom is 0.235 e. The van der Waals surface area contributed by atoms with Crippen molar-refractivity contribution in [1.82, 2.24) is 4.90 Å². The lowest BCUT2D eigenvalue weighted by atomic mass is 9.78. The fraction of sp³-hybridized carbons (Fsp3) is 0.818. The smallest absolute Gasteiger partial charge is 0.235 e. The summed E-state index contributed by atoms with van der Waals surface area (Å²) in [5.74, 6) is -0.221. The molecule has 0 atom stereocenters. The fourth-order valence-corrected chi connectivity index (χ4v) is 2.44. The van der Waals surface area contributed by atoms with Crippen molar-refractivity contribution in [2.24, 2.45) is 11.1 Å². The Morgan fingerprint density at radius 2 is 1.78 bits per heavy atom. The first-order chi connectivity index (χ1) is 8.58. The van der Waals surface area contributed by atoms with Gasteiger partial charge >= 0.3 is 0 Å². The molecule has 1 heterocycles. The van der Waals surface area contributed by atoms with Crippen molar-refractivity contribution in [2.75, 3.05) is 39.5 Å². The van der Waals surface area contributed by atoms with E-state index in [2.05, 4.69) is 0 Å². The summed E-state index contributed by atoms with van der Waals surface area (Å²) in [6.45, 7) is 0.908. The van der Waals surface area contributed by atoms with Gasteiger partial charge in [-0.15, -0.1) is 0 Å². The molecule has 1 aliphatic rings. The van der Waals surface area contributed by atoms with Gasteiger partial charge in [-0.2, -0.15) is 0 Å². The molecule has 7 heteroatoms. The summed E-state index contributed by atoms with van der Waals surface area (Å²) in [5, 5.41) is 17.9. The van der Waals surface area contributed by atoms with E-state index < -0.39 is 5.41 Å². The molecule has 0 bridgehead atoms. The molecule has 1 amide bonds. The highest BCUT2D eigenvalue weighted by atomic mass is 32.1. The van der Waals surface area contributed by atoms with Crippen molar-refractivity contribution in [3.63, 3.8) is 0 Å². The average Bonchev–Trinajstić information content (AvgIpc) is 2.38. The van der Waals surface area contributed by atoms with E-state index in [1.807, 2.05) is 0 Å². The standard InChI is InChI=1S/C11H20N2O4S/c12-9(18)11(1-7-17-8-2-11)10(16)13(3-5-14)4-6-15/h14-15H,1-8H2,(H2,12,18). The van der Waals surface area contributed by atoms with E-state index in [1.165, 1.54) is 4.90 Å². The van der Waals surface area contributed by atoms with Crippen LogP contribution >= 0.6 is 12.2 Å². The van der Waals surface area contributed by atoms with E-state index >= 15 is 0 Å². The molecule has 4 N–H and O–H groups in total. The van der Waals surface area contributed by atoms with Gasteiger partial charge in [0.25, 0.3) is 0 Å². The molecule has 0 radical (unpaired) electrons. The van der Waals surface area contributed by atoms with Gasteiger partial charge in [-0.05, 0) is 12.8 Å². The van der Waals surface area contributed by atoms with Crippen LogP contribution in [0.4, 0.5) is 0 Å². The first-order valence-corrected chi connectivity index (χ1v) is 6.38. The Kier molecular flexibility index (Phi) is 5.94. The number of carbonyl (C=O) groups is 1. The molecule has 104 valence electrons. The van der Waals surface area contributed by atoms with Crippen molar-refractivity contribution in [3.8, 4) is 0 Å². The number of amides is 1. The number of aliphatic hydroxyl groups excluding tert-OH is 2. The number of thiocarbonyl (C=S) groups is 1. The molecule has 0 aromatic carbocycles. The van der Waals surface area contributed by atoms with Crippen LogP contribution in [0.2, 0.25) is 0 Å². The van der Waals surface area contributed by atoms with Crippen LogP contribution in [-0.2, 0) is 9.53 Å². The van der Waals surface area contributed by atoms with Gasteiger partial charge in [-0.25, -0.2) is 0 Å². The van der Waals surface area contributed by atoms with Crippen LogP contribution in [0.5, 0.6) is 0 Å². The van der Waals surface area contributed by atoms with E-state index in [-0.39, 0.29) is 37.2 Å². The topological polar surface area (TPSA) is 96.0 Å². The van der Waals surface area contributed by atoms with Gasteiger partial charge in [-0.3, -0.25) is 4.79 Å². The quantitative estimate of drug-likeness (QED) is 0.532. The van der Waals surface area contributed by atoms with Crippen LogP contribution in [0.1, 0.15) is 12.8 Å². The third kappa shape index (κ3) is 3.17. The van der Waals surface area contributed by atoms with Crippen molar-refractivity contribution in [1.29, 1.82) is 0 Å². The highest BCUT2D eigenvalue weighted by Crippen LogP contribution is 2.33. The molecule has 0 aliphatic carbocycles. The molecule has 6 nitrogen and oxygen atoms in total. The lowest BCUT2D eigenvalue weighted by Crippen LogP contribution is -2.54. The van der Waals surface area contributed by atoms with Crippen LogP contribution in [-0.4, -0.2) is 65.5 Å². The lowest BCUT2D eigenvalue weighted by Gasteiger charge is -2.38. The third-order valence-electron chi connectivity index (χ3n) is 3.25. The average molecular weight is 276 g/mol. The van der Waals surface area contributed by atoms with Gasteiger partial charge < -0.3 is 25.6 Å². The highest BCUT2D eigenvalue weighted by Gasteiger charge is 2.45. The minimum absolute atomic E-state index is 0.157. The second-order valence-electron chi connectivity index (χ2n) is 4.30. The van der Waals surface area contributed by atoms with Gasteiger partial charge in [0.15, 0.2) is 0 Å². The van der Waals surface area contributed by atoms with Crippen LogP contribution < -0.4 is 5.73 Å². The monoisotopic (exact) mass is 276 g/mol. The largest absolute Gasteiger partial charge is 0.395 e. The fourth-order valence-electron chi connectivity index (χ4n) is 2.14. The molecular weight excluding hydrogens is 256 g/mol. The number of aliphatic hydroxyl groups is 2. The minimum Gasteiger partial charge on any atom is -0.395 e. The summed E-state index contributed by atoms with van der Waals surface area (Å²) in [6, 6.07) is 0. The zero-order valence-corrected chi connectivity index (χ0v) is 11.1. The maximum atomic E-state index is 12.5. The molecule has 0 aromatic rings. The van der Waals surface area contributed by atoms with E-state index in [1.54, 1.807) is 0 Å². The zero-order chi connectivity index (χ0) is 13.6. The Balaban J connectivity index is 2.89. The minimum atomic E-state index is -0.891. The van der Waals surface area contributed by atoms with E-state index in [4.69, 9.17) is 32.9 Å². The number of nitrogens with zero attached hydrogens (tertiary/aromatic N) is 1. The molecule has 1 aliphatic heterocycles. The first kappa shape index (κ1) is 15.3. The second-order valence-corrected chi connectivity index (χ2v) is 4.74. The summed E-state index contributed by atoms with van der Waals surface area (Å²) in [4.78, 5) is 14.1. The highest BCUT2D eigenvalue weighted by molar-refractivity contribution is 7.80. The third-order valence-corrected chi connectivity index (χ3v) is 3.65. The molecule has 1 saturated heterocycles. The number of nitrogens with two attached hydrogens (primary N) is 1. The Bertz CT molecular complexity index is 299. The SMILES string of the molecule is NC(=S)C1(C(=O)N(CCO)CCO)CCOCC1. The van der Waals surface area contributed by atoms with Gasteiger partial charge in [0.2, 0.25) is 5.91 Å². The number of rotatable bonds is 6. The Morgan fingerprint density at radius 1 is 1.28 bits per heavy atom. The molecule has 0 spiro atoms. The van der Waals surface area contributed by atoms with Crippen LogP contribution in [0.3, 0.4) is 0 Å². The van der Waals surface area contributed by atoms with Gasteiger partial charge in [0, 0.05) is 26.3 Å². The summed E-state index contributed by atoms with van der Waals surface area (Å²) in [5.41, 5.74) is 4.85. The van der Waals surface area contributed by atoms with E-state index in [0.29, 0.717) is 26.1 Å². The van der Waals surface area contributed by atoms with Crippen LogP contribution in [0.15, 0.2) is 0 Å². The van der Waals surface area contributed by atoms with E-state index in [9.17, 15) is 4.79 Å². The second kappa shape index (κ2) is 6.98. The number of hydrogen-bond donors (Lipinski definition) is 3. The molecule has 1 fully saturated rings. The Morgan fingerprint density at radius 3 is 2.17 bits per heavy atom. The summed E-state index contributed by atoms with van der Waals surface area (Å²) >= 11 is 5.04. The molecule has 18 heavy (non-hydrogen) atoms. The number of carbonyl (C=O) groups excluding carboxylic acids is 1. The summed E-state index contributed by atoms with van der Waals surface area (Å²) in [7, 11) is 0. The lowest BCUT2D eigenvalue weighted by molar-refractivity contribution is -0.143. The van der Waals surface area contributed by atoms with E-state index in [0.717, 1.165) is 0 Å². The van der Waals surface area contributed by atoms with Gasteiger partial charge in [0.1, 0.15) is 5.41 Å².